The van der Waals surface area contributed by atoms with Crippen molar-refractivity contribution < 1.29 is 4.79 Å². The van der Waals surface area contributed by atoms with Crippen molar-refractivity contribution in [1.82, 2.24) is 19.9 Å². The van der Waals surface area contributed by atoms with Crippen LogP contribution in [-0.4, -0.2) is 45.9 Å². The highest BCUT2D eigenvalue weighted by Crippen LogP contribution is 2.16. The van der Waals surface area contributed by atoms with Crippen LogP contribution in [0.1, 0.15) is 19.5 Å². The molecule has 0 saturated heterocycles. The summed E-state index contributed by atoms with van der Waals surface area (Å²) in [5.74, 6) is 1.19. The van der Waals surface area contributed by atoms with Gasteiger partial charge in [-0.2, -0.15) is 0 Å². The van der Waals surface area contributed by atoms with E-state index in [4.69, 9.17) is 0 Å². The Morgan fingerprint density at radius 1 is 1.32 bits per heavy atom. The Labute approximate surface area is 130 Å². The zero-order valence-corrected chi connectivity index (χ0v) is 13.4. The van der Waals surface area contributed by atoms with E-state index >= 15 is 0 Å². The van der Waals surface area contributed by atoms with Gasteiger partial charge in [-0.3, -0.25) is 9.78 Å². The Kier molecular flexibility index (Phi) is 5.04. The summed E-state index contributed by atoms with van der Waals surface area (Å²) in [6, 6.07) is 7.13. The molecule has 0 aliphatic rings. The number of aryl methyl sites for hydroxylation is 1. The van der Waals surface area contributed by atoms with Gasteiger partial charge in [-0.25, -0.2) is 9.97 Å². The lowest BCUT2D eigenvalue weighted by Gasteiger charge is -2.19. The minimum absolute atomic E-state index is 0.00366. The van der Waals surface area contributed by atoms with Crippen LogP contribution in [0, 0.1) is 0 Å². The van der Waals surface area contributed by atoms with Gasteiger partial charge >= 0.3 is 0 Å². The van der Waals surface area contributed by atoms with Gasteiger partial charge in [0.05, 0.1) is 0 Å². The Bertz CT molecular complexity index is 642. The van der Waals surface area contributed by atoms with Crippen LogP contribution in [0.4, 0.5) is 5.82 Å². The van der Waals surface area contributed by atoms with Crippen LogP contribution in [0.2, 0.25) is 0 Å². The maximum absolute atomic E-state index is 12.0. The van der Waals surface area contributed by atoms with Crippen molar-refractivity contribution in [1.29, 1.82) is 0 Å². The number of rotatable bonds is 5. The second kappa shape index (κ2) is 6.98. The molecule has 2 aromatic rings. The average molecular weight is 299 g/mol. The van der Waals surface area contributed by atoms with Gasteiger partial charge in [-0.05, 0) is 25.5 Å². The molecule has 0 radical (unpaired) electrons. The molecule has 0 aliphatic carbocycles. The van der Waals surface area contributed by atoms with Gasteiger partial charge in [0.2, 0.25) is 5.91 Å². The van der Waals surface area contributed by atoms with Crippen molar-refractivity contribution in [3.05, 3.63) is 36.2 Å². The first-order valence-corrected chi connectivity index (χ1v) is 7.28. The number of aromatic nitrogens is 3. The molecule has 6 heteroatoms. The lowest BCUT2D eigenvalue weighted by atomic mass is 10.2. The van der Waals surface area contributed by atoms with Crippen LogP contribution in [-0.2, 0) is 11.2 Å². The van der Waals surface area contributed by atoms with E-state index in [1.807, 2.05) is 38.1 Å². The first-order chi connectivity index (χ1) is 10.5. The van der Waals surface area contributed by atoms with Crippen molar-refractivity contribution in [2.24, 2.45) is 0 Å². The number of likely N-dealkylation sites (N-methyl/N-ethyl adjacent to an activating group) is 1. The first kappa shape index (κ1) is 15.9. The predicted octanol–water partition coefficient (Wildman–Crippen LogP) is 1.99. The second-order valence-corrected chi connectivity index (χ2v) is 5.24. The van der Waals surface area contributed by atoms with Gasteiger partial charge in [-0.1, -0.05) is 13.0 Å². The Hall–Kier alpha value is -2.50. The SMILES string of the molecule is CCc1cc(N[C@@H](C)C(=O)N(C)C)nc(-c2ccccn2)n1. The quantitative estimate of drug-likeness (QED) is 0.914. The van der Waals surface area contributed by atoms with Crippen molar-refractivity contribution in [2.75, 3.05) is 19.4 Å². The summed E-state index contributed by atoms with van der Waals surface area (Å²) in [4.78, 5) is 26.8. The Morgan fingerprint density at radius 2 is 2.09 bits per heavy atom. The fraction of sp³-hybridized carbons (Fsp3) is 0.375. The number of nitrogens with one attached hydrogen (secondary N) is 1. The van der Waals surface area contributed by atoms with Crippen LogP contribution < -0.4 is 5.32 Å². The van der Waals surface area contributed by atoms with Gasteiger partial charge in [0, 0.05) is 32.1 Å². The van der Waals surface area contributed by atoms with Gasteiger partial charge in [0.1, 0.15) is 17.6 Å². The second-order valence-electron chi connectivity index (χ2n) is 5.24. The molecule has 1 atom stereocenters. The summed E-state index contributed by atoms with van der Waals surface area (Å²) < 4.78 is 0. The van der Waals surface area contributed by atoms with E-state index in [0.717, 1.165) is 12.1 Å². The van der Waals surface area contributed by atoms with Crippen molar-refractivity contribution in [3.8, 4) is 11.5 Å². The third-order valence-corrected chi connectivity index (χ3v) is 3.21. The largest absolute Gasteiger partial charge is 0.358 e. The molecular weight excluding hydrogens is 278 g/mol. The molecule has 0 aliphatic heterocycles. The van der Waals surface area contributed by atoms with E-state index in [9.17, 15) is 4.79 Å². The highest BCUT2D eigenvalue weighted by Gasteiger charge is 2.16. The molecule has 0 saturated carbocycles. The molecule has 116 valence electrons. The maximum atomic E-state index is 12.0. The van der Waals surface area contributed by atoms with Crippen molar-refractivity contribution in [2.45, 2.75) is 26.3 Å². The molecule has 6 nitrogen and oxygen atoms in total. The van der Waals surface area contributed by atoms with Crippen LogP contribution >= 0.6 is 0 Å². The van der Waals surface area contributed by atoms with E-state index < -0.39 is 0 Å². The summed E-state index contributed by atoms with van der Waals surface area (Å²) in [6.45, 7) is 3.85. The molecule has 2 heterocycles. The smallest absolute Gasteiger partial charge is 0.244 e. The fourth-order valence-corrected chi connectivity index (χ4v) is 2.03. The zero-order valence-electron chi connectivity index (χ0n) is 13.4. The lowest BCUT2D eigenvalue weighted by Crippen LogP contribution is -2.36. The average Bonchev–Trinajstić information content (AvgIpc) is 2.54. The Morgan fingerprint density at radius 3 is 2.68 bits per heavy atom. The van der Waals surface area contributed by atoms with Gasteiger partial charge in [0.25, 0.3) is 0 Å². The first-order valence-electron chi connectivity index (χ1n) is 7.28. The summed E-state index contributed by atoms with van der Waals surface area (Å²) in [7, 11) is 3.47. The molecule has 0 unspecified atom stereocenters. The van der Waals surface area contributed by atoms with Crippen molar-refractivity contribution >= 4 is 11.7 Å². The number of hydrogen-bond donors (Lipinski definition) is 1. The monoisotopic (exact) mass is 299 g/mol. The minimum Gasteiger partial charge on any atom is -0.358 e. The molecule has 0 aromatic carbocycles. The van der Waals surface area contributed by atoms with Crippen LogP contribution in [0.15, 0.2) is 30.5 Å². The molecule has 0 fully saturated rings. The number of hydrogen-bond acceptors (Lipinski definition) is 5. The number of pyridine rings is 1. The summed E-state index contributed by atoms with van der Waals surface area (Å²) in [5, 5.41) is 3.14. The number of amides is 1. The normalized spacial score (nSPS) is 11.8. The highest BCUT2D eigenvalue weighted by molar-refractivity contribution is 5.83. The highest BCUT2D eigenvalue weighted by atomic mass is 16.2. The van der Waals surface area contributed by atoms with E-state index in [1.165, 1.54) is 0 Å². The molecule has 0 bridgehead atoms. The number of carbonyl (C=O) groups excluding carboxylic acids is 1. The summed E-state index contributed by atoms with van der Waals surface area (Å²) in [5.41, 5.74) is 1.62. The lowest BCUT2D eigenvalue weighted by molar-refractivity contribution is -0.129. The zero-order chi connectivity index (χ0) is 16.1. The number of carbonyl (C=O) groups is 1. The topological polar surface area (TPSA) is 71.0 Å². The minimum atomic E-state index is -0.355. The molecule has 0 spiro atoms. The number of nitrogens with zero attached hydrogens (tertiary/aromatic N) is 4. The van der Waals surface area contributed by atoms with Crippen LogP contribution in [0.5, 0.6) is 0 Å². The maximum Gasteiger partial charge on any atom is 0.244 e. The molecule has 1 amide bonds. The van der Waals surface area contributed by atoms with Crippen LogP contribution in [0.3, 0.4) is 0 Å². The standard InChI is InChI=1S/C16H21N5O/c1-5-12-10-14(18-11(2)16(22)21(3)4)20-15(19-12)13-8-6-7-9-17-13/h6-11H,5H2,1-4H3,(H,18,19,20)/t11-/m0/s1. The molecule has 1 N–H and O–H groups in total. The van der Waals surface area contributed by atoms with E-state index in [1.54, 1.807) is 25.2 Å². The van der Waals surface area contributed by atoms with E-state index in [-0.39, 0.29) is 11.9 Å². The van der Waals surface area contributed by atoms with E-state index in [0.29, 0.717) is 17.3 Å². The fourth-order valence-electron chi connectivity index (χ4n) is 2.03. The molecule has 2 aromatic heterocycles. The van der Waals surface area contributed by atoms with Gasteiger partial charge in [0.15, 0.2) is 5.82 Å². The third kappa shape index (κ3) is 3.78. The number of anilines is 1. The molecular formula is C16H21N5O. The summed E-state index contributed by atoms with van der Waals surface area (Å²) in [6.07, 6.45) is 2.50. The van der Waals surface area contributed by atoms with Crippen molar-refractivity contribution in [3.63, 3.8) is 0 Å². The molecule has 22 heavy (non-hydrogen) atoms. The van der Waals surface area contributed by atoms with Crippen LogP contribution in [0.25, 0.3) is 11.5 Å². The molecule has 2 rings (SSSR count). The third-order valence-electron chi connectivity index (χ3n) is 3.21. The predicted molar refractivity (Wildman–Crippen MR) is 86.4 cm³/mol. The summed E-state index contributed by atoms with van der Waals surface area (Å²) >= 11 is 0. The van der Waals surface area contributed by atoms with Gasteiger partial charge in [-0.15, -0.1) is 0 Å². The van der Waals surface area contributed by atoms with Gasteiger partial charge < -0.3 is 10.2 Å². The van der Waals surface area contributed by atoms with E-state index in [2.05, 4.69) is 20.3 Å². The Balaban J connectivity index is 2.30.